The van der Waals surface area contributed by atoms with Crippen molar-refractivity contribution in [2.75, 3.05) is 0 Å². The van der Waals surface area contributed by atoms with Gasteiger partial charge in [-0.3, -0.25) is 0 Å². The minimum absolute atomic E-state index is 0.256. The average Bonchev–Trinajstić information content (AvgIpc) is 2.89. The summed E-state index contributed by atoms with van der Waals surface area (Å²) in [4.78, 5) is 16.0. The van der Waals surface area contributed by atoms with E-state index in [1.165, 1.54) is 0 Å². The third kappa shape index (κ3) is 2.72. The van der Waals surface area contributed by atoms with E-state index in [9.17, 15) is 4.79 Å². The van der Waals surface area contributed by atoms with Crippen LogP contribution in [0, 0.1) is 11.3 Å². The maximum atomic E-state index is 11.8. The van der Waals surface area contributed by atoms with Crippen molar-refractivity contribution >= 4 is 17.9 Å². The van der Waals surface area contributed by atoms with Gasteiger partial charge in [-0.25, -0.2) is 9.79 Å². The Morgan fingerprint density at radius 2 is 1.76 bits per heavy atom. The number of hydrogen-bond acceptors (Lipinski definition) is 4. The number of nitriles is 1. The summed E-state index contributed by atoms with van der Waals surface area (Å²) in [6, 6.07) is 18.2. The van der Waals surface area contributed by atoms with Crippen LogP contribution in [0.5, 0.6) is 0 Å². The predicted molar refractivity (Wildman–Crippen MR) is 78.2 cm³/mol. The van der Waals surface area contributed by atoms with E-state index in [0.717, 1.165) is 5.56 Å². The summed E-state index contributed by atoms with van der Waals surface area (Å²) in [5.74, 6) is -0.218. The number of nitrogens with zero attached hydrogens (tertiary/aromatic N) is 2. The third-order valence-corrected chi connectivity index (χ3v) is 2.98. The minimum atomic E-state index is -0.474. The summed E-state index contributed by atoms with van der Waals surface area (Å²) in [6.45, 7) is 0. The normalized spacial score (nSPS) is 15.5. The van der Waals surface area contributed by atoms with Crippen LogP contribution in [0.1, 0.15) is 16.7 Å². The molecule has 0 atom stereocenters. The van der Waals surface area contributed by atoms with Gasteiger partial charge in [-0.15, -0.1) is 0 Å². The van der Waals surface area contributed by atoms with E-state index in [2.05, 4.69) is 4.99 Å². The first-order chi connectivity index (χ1) is 10.3. The number of benzene rings is 2. The van der Waals surface area contributed by atoms with Crippen LogP contribution < -0.4 is 0 Å². The maximum Gasteiger partial charge on any atom is 0.363 e. The number of carbonyl (C=O) groups is 1. The molecule has 2 aromatic rings. The first kappa shape index (κ1) is 12.8. The fourth-order valence-electron chi connectivity index (χ4n) is 1.93. The van der Waals surface area contributed by atoms with Crippen molar-refractivity contribution in [3.63, 3.8) is 0 Å². The van der Waals surface area contributed by atoms with Gasteiger partial charge in [-0.05, 0) is 35.9 Å². The monoisotopic (exact) mass is 274 g/mol. The van der Waals surface area contributed by atoms with E-state index in [1.807, 2.05) is 36.4 Å². The first-order valence-corrected chi connectivity index (χ1v) is 6.34. The number of ether oxygens (including phenoxy) is 1. The fourth-order valence-corrected chi connectivity index (χ4v) is 1.93. The van der Waals surface area contributed by atoms with Crippen molar-refractivity contribution in [1.82, 2.24) is 0 Å². The van der Waals surface area contributed by atoms with Crippen LogP contribution in [0.4, 0.5) is 0 Å². The zero-order chi connectivity index (χ0) is 14.7. The lowest BCUT2D eigenvalue weighted by molar-refractivity contribution is -0.129. The highest BCUT2D eigenvalue weighted by Crippen LogP contribution is 2.19. The highest BCUT2D eigenvalue weighted by atomic mass is 16.6. The second kappa shape index (κ2) is 5.43. The molecule has 1 heterocycles. The number of rotatable bonds is 2. The largest absolute Gasteiger partial charge is 0.402 e. The molecule has 0 saturated heterocycles. The predicted octanol–water partition coefficient (Wildman–Crippen LogP) is 2.90. The number of aliphatic imine (C=N–C) groups is 1. The number of carbonyl (C=O) groups excluding carboxylic acids is 1. The van der Waals surface area contributed by atoms with E-state index in [0.29, 0.717) is 11.1 Å². The van der Waals surface area contributed by atoms with Crippen LogP contribution in [-0.4, -0.2) is 11.9 Å². The number of hydrogen-bond donors (Lipinski definition) is 0. The van der Waals surface area contributed by atoms with Gasteiger partial charge in [0.15, 0.2) is 5.70 Å². The van der Waals surface area contributed by atoms with Crippen LogP contribution in [0.15, 0.2) is 65.3 Å². The molecule has 0 saturated carbocycles. The highest BCUT2D eigenvalue weighted by molar-refractivity contribution is 6.12. The summed E-state index contributed by atoms with van der Waals surface area (Å²) >= 11 is 0. The van der Waals surface area contributed by atoms with Gasteiger partial charge in [0.2, 0.25) is 5.90 Å². The standard InChI is InChI=1S/C17H10N2O2/c18-11-13-6-8-14(9-7-13)16-19-15(17(20)21-16)10-12-4-2-1-3-5-12/h1-10H. The van der Waals surface area contributed by atoms with Crippen LogP contribution in [-0.2, 0) is 9.53 Å². The van der Waals surface area contributed by atoms with Crippen LogP contribution >= 0.6 is 0 Å². The molecule has 4 nitrogen and oxygen atoms in total. The molecule has 0 amide bonds. The molecule has 4 heteroatoms. The van der Waals surface area contributed by atoms with Crippen LogP contribution in [0.2, 0.25) is 0 Å². The molecule has 0 unspecified atom stereocenters. The molecule has 0 aromatic heterocycles. The van der Waals surface area contributed by atoms with Gasteiger partial charge < -0.3 is 4.74 Å². The zero-order valence-electron chi connectivity index (χ0n) is 11.0. The molecular weight excluding hydrogens is 264 g/mol. The molecule has 21 heavy (non-hydrogen) atoms. The summed E-state index contributed by atoms with van der Waals surface area (Å²) < 4.78 is 5.17. The molecule has 0 fully saturated rings. The highest BCUT2D eigenvalue weighted by Gasteiger charge is 2.23. The smallest absolute Gasteiger partial charge is 0.363 e. The minimum Gasteiger partial charge on any atom is -0.402 e. The fraction of sp³-hybridized carbons (Fsp3) is 0. The molecule has 1 aliphatic rings. The quantitative estimate of drug-likeness (QED) is 0.625. The van der Waals surface area contributed by atoms with Crippen molar-refractivity contribution in [1.29, 1.82) is 5.26 Å². The second-order valence-corrected chi connectivity index (χ2v) is 4.44. The van der Waals surface area contributed by atoms with Crippen molar-refractivity contribution in [2.45, 2.75) is 0 Å². The summed E-state index contributed by atoms with van der Waals surface area (Å²) in [5, 5.41) is 8.77. The van der Waals surface area contributed by atoms with Gasteiger partial charge in [0, 0.05) is 5.56 Å². The summed E-state index contributed by atoms with van der Waals surface area (Å²) in [6.07, 6.45) is 1.68. The Morgan fingerprint density at radius 1 is 1.05 bits per heavy atom. The van der Waals surface area contributed by atoms with Gasteiger partial charge in [0.05, 0.1) is 11.6 Å². The Balaban J connectivity index is 1.92. The lowest BCUT2D eigenvalue weighted by atomic mass is 10.1. The molecule has 0 aliphatic carbocycles. The Kier molecular flexibility index (Phi) is 3.32. The molecule has 0 spiro atoms. The number of cyclic esters (lactones) is 1. The van der Waals surface area contributed by atoms with Gasteiger partial charge >= 0.3 is 5.97 Å². The molecule has 3 rings (SSSR count). The summed E-state index contributed by atoms with van der Waals surface area (Å²) in [7, 11) is 0. The van der Waals surface area contributed by atoms with Gasteiger partial charge in [-0.1, -0.05) is 30.3 Å². The third-order valence-electron chi connectivity index (χ3n) is 2.98. The van der Waals surface area contributed by atoms with Gasteiger partial charge in [0.25, 0.3) is 0 Å². The first-order valence-electron chi connectivity index (χ1n) is 6.34. The van der Waals surface area contributed by atoms with Crippen LogP contribution in [0.3, 0.4) is 0 Å². The van der Waals surface area contributed by atoms with E-state index in [4.69, 9.17) is 10.00 Å². The SMILES string of the molecule is N#Cc1ccc(C2=NC(=Cc3ccccc3)C(=O)O2)cc1. The Labute approximate surface area is 121 Å². The molecule has 0 bridgehead atoms. The maximum absolute atomic E-state index is 11.8. The van der Waals surface area contributed by atoms with Gasteiger partial charge in [-0.2, -0.15) is 5.26 Å². The van der Waals surface area contributed by atoms with Crippen LogP contribution in [0.25, 0.3) is 6.08 Å². The topological polar surface area (TPSA) is 62.5 Å². The summed E-state index contributed by atoms with van der Waals surface area (Å²) in [5.41, 5.74) is 2.36. The molecule has 100 valence electrons. The Bertz CT molecular complexity index is 782. The molecular formula is C17H10N2O2. The van der Waals surface area contributed by atoms with Gasteiger partial charge in [0.1, 0.15) is 0 Å². The second-order valence-electron chi connectivity index (χ2n) is 4.44. The molecule has 0 N–H and O–H groups in total. The molecule has 1 aliphatic heterocycles. The van der Waals surface area contributed by atoms with Crippen molar-refractivity contribution in [3.05, 3.63) is 77.0 Å². The molecule has 0 radical (unpaired) electrons. The molecule has 2 aromatic carbocycles. The number of esters is 1. The lowest BCUT2D eigenvalue weighted by Crippen LogP contribution is -2.05. The van der Waals surface area contributed by atoms with Crippen molar-refractivity contribution in [2.24, 2.45) is 4.99 Å². The average molecular weight is 274 g/mol. The lowest BCUT2D eigenvalue weighted by Gasteiger charge is -1.98. The van der Waals surface area contributed by atoms with E-state index in [1.54, 1.807) is 30.3 Å². The Hall–Kier alpha value is -3.19. The zero-order valence-corrected chi connectivity index (χ0v) is 11.0. The Morgan fingerprint density at radius 3 is 2.43 bits per heavy atom. The van der Waals surface area contributed by atoms with Crippen molar-refractivity contribution < 1.29 is 9.53 Å². The van der Waals surface area contributed by atoms with E-state index >= 15 is 0 Å². The van der Waals surface area contributed by atoms with E-state index in [-0.39, 0.29) is 11.6 Å². The van der Waals surface area contributed by atoms with E-state index < -0.39 is 5.97 Å². The van der Waals surface area contributed by atoms with Crippen molar-refractivity contribution in [3.8, 4) is 6.07 Å².